The Labute approximate surface area is 133 Å². The highest BCUT2D eigenvalue weighted by Crippen LogP contribution is 2.29. The number of hydrogen-bond donors (Lipinski definition) is 1. The molecule has 0 bridgehead atoms. The van der Waals surface area contributed by atoms with Gasteiger partial charge in [-0.3, -0.25) is 0 Å². The standard InChI is InChI=1S/C14H22F3N5O/c1-9(13(2,3)4)7-18-12(23)21-5-6-22-10(8-21)19-20-11(22)14(15,16)17/h9H,5-8H2,1-4H3,(H,18,23)/t9-/m0/s1. The highest BCUT2D eigenvalue weighted by Gasteiger charge is 2.39. The van der Waals surface area contributed by atoms with Crippen molar-refractivity contribution in [1.29, 1.82) is 0 Å². The Morgan fingerprint density at radius 1 is 1.26 bits per heavy atom. The van der Waals surface area contributed by atoms with E-state index in [1.54, 1.807) is 0 Å². The first kappa shape index (κ1) is 17.6. The summed E-state index contributed by atoms with van der Waals surface area (Å²) in [5, 5.41) is 9.59. The zero-order valence-corrected chi connectivity index (χ0v) is 13.7. The maximum Gasteiger partial charge on any atom is 0.451 e. The summed E-state index contributed by atoms with van der Waals surface area (Å²) < 4.78 is 39.3. The van der Waals surface area contributed by atoms with Crippen LogP contribution < -0.4 is 5.32 Å². The Morgan fingerprint density at radius 3 is 2.48 bits per heavy atom. The smallest absolute Gasteiger partial charge is 0.338 e. The van der Waals surface area contributed by atoms with Crippen LogP contribution >= 0.6 is 0 Å². The molecule has 0 radical (unpaired) electrons. The van der Waals surface area contributed by atoms with Crippen molar-refractivity contribution < 1.29 is 18.0 Å². The van der Waals surface area contributed by atoms with E-state index >= 15 is 0 Å². The van der Waals surface area contributed by atoms with Crippen LogP contribution in [0.1, 0.15) is 39.3 Å². The molecule has 2 heterocycles. The number of alkyl halides is 3. The molecule has 0 saturated carbocycles. The average Bonchev–Trinajstić information content (AvgIpc) is 2.86. The Kier molecular flexibility index (Phi) is 4.59. The number of carbonyl (C=O) groups excluding carboxylic acids is 1. The summed E-state index contributed by atoms with van der Waals surface area (Å²) in [6.07, 6.45) is -4.53. The van der Waals surface area contributed by atoms with E-state index in [2.05, 4.69) is 36.3 Å². The minimum Gasteiger partial charge on any atom is -0.338 e. The van der Waals surface area contributed by atoms with Gasteiger partial charge in [-0.1, -0.05) is 27.7 Å². The molecule has 0 aliphatic carbocycles. The lowest BCUT2D eigenvalue weighted by atomic mass is 9.82. The minimum atomic E-state index is -4.53. The predicted molar refractivity (Wildman–Crippen MR) is 77.5 cm³/mol. The fraction of sp³-hybridized carbons (Fsp3) is 0.786. The molecule has 0 unspecified atom stereocenters. The van der Waals surface area contributed by atoms with Gasteiger partial charge in [0, 0.05) is 19.6 Å². The Bertz CT molecular complexity index is 576. The van der Waals surface area contributed by atoms with Gasteiger partial charge in [0.05, 0.1) is 6.54 Å². The Balaban J connectivity index is 1.98. The number of nitrogens with one attached hydrogen (secondary N) is 1. The fourth-order valence-electron chi connectivity index (χ4n) is 2.20. The molecule has 9 heteroatoms. The van der Waals surface area contributed by atoms with Crippen molar-refractivity contribution >= 4 is 6.03 Å². The molecule has 6 nitrogen and oxygen atoms in total. The number of hydrogen-bond acceptors (Lipinski definition) is 3. The third-order valence-electron chi connectivity index (χ3n) is 4.33. The third-order valence-corrected chi connectivity index (χ3v) is 4.33. The van der Waals surface area contributed by atoms with Crippen molar-refractivity contribution in [2.24, 2.45) is 11.3 Å². The molecule has 2 amide bonds. The number of amides is 2. The van der Waals surface area contributed by atoms with E-state index < -0.39 is 12.0 Å². The van der Waals surface area contributed by atoms with Crippen LogP contribution in [0.5, 0.6) is 0 Å². The summed E-state index contributed by atoms with van der Waals surface area (Å²) in [7, 11) is 0. The van der Waals surface area contributed by atoms with Crippen LogP contribution in [0.25, 0.3) is 0 Å². The van der Waals surface area contributed by atoms with E-state index in [0.717, 1.165) is 4.57 Å². The van der Waals surface area contributed by atoms with E-state index in [1.165, 1.54) is 4.90 Å². The molecule has 130 valence electrons. The van der Waals surface area contributed by atoms with Crippen LogP contribution in [-0.2, 0) is 19.3 Å². The molecule has 2 rings (SSSR count). The number of rotatable bonds is 2. The highest BCUT2D eigenvalue weighted by molar-refractivity contribution is 5.74. The van der Waals surface area contributed by atoms with Crippen molar-refractivity contribution in [3.05, 3.63) is 11.6 Å². The third kappa shape index (κ3) is 3.94. The molecule has 0 spiro atoms. The fourth-order valence-corrected chi connectivity index (χ4v) is 2.20. The van der Waals surface area contributed by atoms with Gasteiger partial charge < -0.3 is 14.8 Å². The van der Waals surface area contributed by atoms with Gasteiger partial charge >= 0.3 is 12.2 Å². The molecule has 23 heavy (non-hydrogen) atoms. The maximum absolute atomic E-state index is 12.8. The van der Waals surface area contributed by atoms with Crippen LogP contribution in [0.4, 0.5) is 18.0 Å². The predicted octanol–water partition coefficient (Wildman–Crippen LogP) is 2.50. The lowest BCUT2D eigenvalue weighted by molar-refractivity contribution is -0.147. The first-order valence-electron chi connectivity index (χ1n) is 7.52. The first-order valence-corrected chi connectivity index (χ1v) is 7.52. The lowest BCUT2D eigenvalue weighted by Gasteiger charge is -2.31. The van der Waals surface area contributed by atoms with Crippen molar-refractivity contribution in [1.82, 2.24) is 25.0 Å². The van der Waals surface area contributed by atoms with E-state index in [4.69, 9.17) is 0 Å². The molecule has 1 aromatic rings. The second-order valence-electron chi connectivity index (χ2n) is 6.96. The first-order chi connectivity index (χ1) is 10.5. The molecule has 1 N–H and O–H groups in total. The molecule has 0 fully saturated rings. The van der Waals surface area contributed by atoms with Gasteiger partial charge in [-0.05, 0) is 11.3 Å². The quantitative estimate of drug-likeness (QED) is 0.904. The summed E-state index contributed by atoms with van der Waals surface area (Å²) in [5.74, 6) is -0.576. The molecule has 1 atom stereocenters. The average molecular weight is 333 g/mol. The van der Waals surface area contributed by atoms with Gasteiger partial charge in [-0.2, -0.15) is 13.2 Å². The summed E-state index contributed by atoms with van der Waals surface area (Å²) in [5.41, 5.74) is 0.0664. The monoisotopic (exact) mass is 333 g/mol. The lowest BCUT2D eigenvalue weighted by Crippen LogP contribution is -2.46. The molecule has 1 aromatic heterocycles. The zero-order chi connectivity index (χ0) is 17.4. The van der Waals surface area contributed by atoms with Crippen LogP contribution in [0.15, 0.2) is 0 Å². The summed E-state index contributed by atoms with van der Waals surface area (Å²) >= 11 is 0. The summed E-state index contributed by atoms with van der Waals surface area (Å²) in [6.45, 7) is 9.09. The van der Waals surface area contributed by atoms with Crippen molar-refractivity contribution in [2.45, 2.75) is 47.0 Å². The van der Waals surface area contributed by atoms with E-state index in [0.29, 0.717) is 6.54 Å². The second-order valence-corrected chi connectivity index (χ2v) is 6.96. The SMILES string of the molecule is C[C@@H](CNC(=O)N1CCn2c(nnc2C(F)(F)F)C1)C(C)(C)C. The number of aromatic nitrogens is 3. The molecule has 0 saturated heterocycles. The summed E-state index contributed by atoms with van der Waals surface area (Å²) in [4.78, 5) is 13.6. The van der Waals surface area contributed by atoms with Gasteiger partial charge in [-0.25, -0.2) is 4.79 Å². The van der Waals surface area contributed by atoms with Gasteiger partial charge in [-0.15, -0.1) is 10.2 Å². The van der Waals surface area contributed by atoms with Crippen LogP contribution in [0.3, 0.4) is 0 Å². The van der Waals surface area contributed by atoms with E-state index in [9.17, 15) is 18.0 Å². The molecule has 0 aromatic carbocycles. The normalized spacial score (nSPS) is 16.9. The van der Waals surface area contributed by atoms with Gasteiger partial charge in [0.15, 0.2) is 5.82 Å². The van der Waals surface area contributed by atoms with Gasteiger partial charge in [0.2, 0.25) is 5.82 Å². The zero-order valence-electron chi connectivity index (χ0n) is 13.7. The van der Waals surface area contributed by atoms with Gasteiger partial charge in [0.25, 0.3) is 0 Å². The van der Waals surface area contributed by atoms with Crippen LogP contribution in [0.2, 0.25) is 0 Å². The second kappa shape index (κ2) is 6.01. The maximum atomic E-state index is 12.8. The van der Waals surface area contributed by atoms with E-state index in [1.807, 2.05) is 6.92 Å². The molecular formula is C14H22F3N5O. The number of carbonyl (C=O) groups is 1. The van der Waals surface area contributed by atoms with Crippen molar-refractivity contribution in [2.75, 3.05) is 13.1 Å². The van der Waals surface area contributed by atoms with E-state index in [-0.39, 0.29) is 42.8 Å². The number of halogens is 3. The summed E-state index contributed by atoms with van der Waals surface area (Å²) in [6, 6.07) is -0.288. The van der Waals surface area contributed by atoms with Crippen LogP contribution in [-0.4, -0.2) is 38.8 Å². The highest BCUT2D eigenvalue weighted by atomic mass is 19.4. The van der Waals surface area contributed by atoms with Crippen molar-refractivity contribution in [3.63, 3.8) is 0 Å². The number of nitrogens with zero attached hydrogens (tertiary/aromatic N) is 4. The molecule has 1 aliphatic heterocycles. The number of urea groups is 1. The molecule has 1 aliphatic rings. The van der Waals surface area contributed by atoms with Gasteiger partial charge in [0.1, 0.15) is 0 Å². The van der Waals surface area contributed by atoms with Crippen LogP contribution in [0, 0.1) is 11.3 Å². The topological polar surface area (TPSA) is 63.1 Å². The Morgan fingerprint density at radius 2 is 1.91 bits per heavy atom. The molecular weight excluding hydrogens is 311 g/mol. The largest absolute Gasteiger partial charge is 0.451 e. The number of fused-ring (bicyclic) bond motifs is 1. The minimum absolute atomic E-state index is 0.0266. The Hall–Kier alpha value is -1.80. The van der Waals surface area contributed by atoms with Crippen molar-refractivity contribution in [3.8, 4) is 0 Å².